The highest BCUT2D eigenvalue weighted by atomic mass is 16.4. The molecule has 1 fully saturated rings. The summed E-state index contributed by atoms with van der Waals surface area (Å²) in [6.45, 7) is 2.54. The van der Waals surface area contributed by atoms with Gasteiger partial charge < -0.3 is 10.4 Å². The molecule has 0 atom stereocenters. The molecule has 2 N–H and O–H groups in total. The van der Waals surface area contributed by atoms with Crippen LogP contribution in [0.15, 0.2) is 12.1 Å². The van der Waals surface area contributed by atoms with Gasteiger partial charge in [-0.05, 0) is 54.2 Å². The van der Waals surface area contributed by atoms with Crippen LogP contribution in [-0.4, -0.2) is 42.9 Å². The fourth-order valence-electron chi connectivity index (χ4n) is 2.78. The molecule has 112 valence electrons. The number of tetrazole rings is 1. The Bertz CT molecular complexity index is 647. The number of anilines is 1. The van der Waals surface area contributed by atoms with E-state index in [1.165, 1.54) is 4.63 Å². The summed E-state index contributed by atoms with van der Waals surface area (Å²) in [5.74, 6) is 0.452. The van der Waals surface area contributed by atoms with Crippen LogP contribution < -0.4 is 5.32 Å². The number of hydrogen-bond donors (Lipinski definition) is 2. The van der Waals surface area contributed by atoms with Gasteiger partial charge in [0.25, 0.3) is 0 Å². The van der Waals surface area contributed by atoms with E-state index in [2.05, 4.69) is 32.9 Å². The van der Waals surface area contributed by atoms with Crippen LogP contribution in [0.25, 0.3) is 5.65 Å². The number of carboxylic acids is 1. The maximum Gasteiger partial charge on any atom is 0.311 e. The minimum Gasteiger partial charge on any atom is -0.481 e. The monoisotopic (exact) mass is 290 g/mol. The van der Waals surface area contributed by atoms with E-state index in [4.69, 9.17) is 0 Å². The minimum atomic E-state index is -0.731. The lowest BCUT2D eigenvalue weighted by Gasteiger charge is -2.35. The second kappa shape index (κ2) is 5.27. The summed E-state index contributed by atoms with van der Waals surface area (Å²) >= 11 is 0. The number of aliphatic carboxylic acids is 1. The number of nitrogens with zero attached hydrogens (tertiary/aromatic N) is 5. The van der Waals surface area contributed by atoms with Gasteiger partial charge in [0.15, 0.2) is 5.65 Å². The second-order valence-electron chi connectivity index (χ2n) is 5.87. The first-order chi connectivity index (χ1) is 10.1. The lowest BCUT2D eigenvalue weighted by Crippen LogP contribution is -2.41. The topological polar surface area (TPSA) is 105 Å². The van der Waals surface area contributed by atoms with Crippen LogP contribution in [0.4, 0.5) is 5.82 Å². The zero-order chi connectivity index (χ0) is 14.9. The lowest BCUT2D eigenvalue weighted by molar-refractivity contribution is -0.150. The van der Waals surface area contributed by atoms with Crippen LogP contribution in [0.2, 0.25) is 0 Å². The first-order valence-electron chi connectivity index (χ1n) is 7.12. The van der Waals surface area contributed by atoms with Crippen molar-refractivity contribution in [3.63, 3.8) is 0 Å². The average Bonchev–Trinajstić information content (AvgIpc) is 2.94. The van der Waals surface area contributed by atoms with Gasteiger partial charge in [-0.2, -0.15) is 0 Å². The van der Waals surface area contributed by atoms with E-state index >= 15 is 0 Å². The van der Waals surface area contributed by atoms with Gasteiger partial charge in [-0.3, -0.25) is 4.79 Å². The van der Waals surface area contributed by atoms with Crippen molar-refractivity contribution in [2.45, 2.75) is 32.6 Å². The molecule has 8 nitrogen and oxygen atoms in total. The maximum absolute atomic E-state index is 11.7. The van der Waals surface area contributed by atoms with Gasteiger partial charge in [-0.15, -0.1) is 14.8 Å². The van der Waals surface area contributed by atoms with Crippen LogP contribution in [0, 0.1) is 11.3 Å². The van der Waals surface area contributed by atoms with Crippen LogP contribution in [0.3, 0.4) is 0 Å². The molecule has 2 heterocycles. The summed E-state index contributed by atoms with van der Waals surface area (Å²) in [5.41, 5.74) is -0.149. The Labute approximate surface area is 121 Å². The summed E-state index contributed by atoms with van der Waals surface area (Å²) < 4.78 is 1.32. The maximum atomic E-state index is 11.7. The van der Waals surface area contributed by atoms with E-state index in [9.17, 15) is 9.90 Å². The molecule has 8 heteroatoms. The Morgan fingerprint density at radius 1 is 1.48 bits per heavy atom. The Hall–Kier alpha value is -2.25. The molecule has 0 saturated heterocycles. The lowest BCUT2D eigenvalue weighted by atomic mass is 9.71. The van der Waals surface area contributed by atoms with Crippen molar-refractivity contribution in [2.24, 2.45) is 11.3 Å². The van der Waals surface area contributed by atoms with Crippen molar-refractivity contribution in [1.82, 2.24) is 25.3 Å². The Kier molecular flexibility index (Phi) is 3.44. The molecule has 21 heavy (non-hydrogen) atoms. The molecule has 0 aromatic carbocycles. The molecular weight excluding hydrogens is 272 g/mol. The van der Waals surface area contributed by atoms with E-state index in [0.29, 0.717) is 36.8 Å². The smallest absolute Gasteiger partial charge is 0.311 e. The van der Waals surface area contributed by atoms with E-state index < -0.39 is 11.4 Å². The van der Waals surface area contributed by atoms with Gasteiger partial charge in [0.2, 0.25) is 0 Å². The van der Waals surface area contributed by atoms with Crippen molar-refractivity contribution < 1.29 is 9.90 Å². The second-order valence-corrected chi connectivity index (χ2v) is 5.87. The molecule has 1 saturated carbocycles. The standard InChI is InChI=1S/C13H18N6O2/c1-9-4-6-13(7-5-9,12(20)21)8-14-10-2-3-11-15-17-18-19(11)16-10/h2-3,9H,4-8H2,1H3,(H,14,16)(H,20,21). The van der Waals surface area contributed by atoms with E-state index in [1.807, 2.05) is 0 Å². The molecule has 0 unspecified atom stereocenters. The van der Waals surface area contributed by atoms with Crippen LogP contribution in [0.5, 0.6) is 0 Å². The first-order valence-corrected chi connectivity index (χ1v) is 7.12. The molecule has 0 aliphatic heterocycles. The number of carboxylic acid groups (broad SMARTS) is 1. The number of carbonyl (C=O) groups is 1. The normalized spacial score (nSPS) is 25.9. The van der Waals surface area contributed by atoms with Gasteiger partial charge >= 0.3 is 5.97 Å². The number of hydrogen-bond acceptors (Lipinski definition) is 6. The van der Waals surface area contributed by atoms with Crippen molar-refractivity contribution in [2.75, 3.05) is 11.9 Å². The molecule has 1 aliphatic carbocycles. The number of nitrogens with one attached hydrogen (secondary N) is 1. The molecule has 2 aromatic rings. The summed E-state index contributed by atoms with van der Waals surface area (Å²) in [6, 6.07) is 3.50. The zero-order valence-corrected chi connectivity index (χ0v) is 11.9. The van der Waals surface area contributed by atoms with Gasteiger partial charge in [0.1, 0.15) is 5.82 Å². The predicted molar refractivity (Wildman–Crippen MR) is 74.8 cm³/mol. The van der Waals surface area contributed by atoms with Crippen molar-refractivity contribution in [3.8, 4) is 0 Å². The van der Waals surface area contributed by atoms with Crippen LogP contribution in [-0.2, 0) is 4.79 Å². The molecule has 0 bridgehead atoms. The van der Waals surface area contributed by atoms with E-state index in [0.717, 1.165) is 12.8 Å². The number of aromatic nitrogens is 5. The fraction of sp³-hybridized carbons (Fsp3) is 0.615. The quantitative estimate of drug-likeness (QED) is 0.871. The molecule has 0 spiro atoms. The summed E-state index contributed by atoms with van der Waals surface area (Å²) in [5, 5.41) is 27.9. The highest BCUT2D eigenvalue weighted by molar-refractivity contribution is 5.75. The Balaban J connectivity index is 1.73. The summed E-state index contributed by atoms with van der Waals surface area (Å²) in [4.78, 5) is 11.7. The molecule has 0 amide bonds. The van der Waals surface area contributed by atoms with Crippen molar-refractivity contribution in [3.05, 3.63) is 12.1 Å². The van der Waals surface area contributed by atoms with Gasteiger partial charge in [0, 0.05) is 6.54 Å². The number of rotatable bonds is 4. The van der Waals surface area contributed by atoms with Gasteiger partial charge in [-0.1, -0.05) is 6.92 Å². The molecule has 0 radical (unpaired) electrons. The highest BCUT2D eigenvalue weighted by Crippen LogP contribution is 2.39. The van der Waals surface area contributed by atoms with Crippen molar-refractivity contribution >= 4 is 17.4 Å². The number of fused-ring (bicyclic) bond motifs is 1. The third-order valence-corrected chi connectivity index (χ3v) is 4.36. The largest absolute Gasteiger partial charge is 0.481 e. The molecule has 2 aromatic heterocycles. The van der Waals surface area contributed by atoms with E-state index in [1.54, 1.807) is 12.1 Å². The van der Waals surface area contributed by atoms with Crippen molar-refractivity contribution in [1.29, 1.82) is 0 Å². The molecular formula is C13H18N6O2. The summed E-state index contributed by atoms with van der Waals surface area (Å²) in [7, 11) is 0. The van der Waals surface area contributed by atoms with Gasteiger partial charge in [-0.25, -0.2) is 0 Å². The highest BCUT2D eigenvalue weighted by Gasteiger charge is 2.41. The predicted octanol–water partition coefficient (Wildman–Crippen LogP) is 1.21. The van der Waals surface area contributed by atoms with Gasteiger partial charge in [0.05, 0.1) is 5.41 Å². The first kappa shape index (κ1) is 13.7. The van der Waals surface area contributed by atoms with E-state index in [-0.39, 0.29) is 0 Å². The molecule has 3 rings (SSSR count). The van der Waals surface area contributed by atoms with Crippen LogP contribution in [0.1, 0.15) is 32.6 Å². The zero-order valence-electron chi connectivity index (χ0n) is 11.9. The third-order valence-electron chi connectivity index (χ3n) is 4.36. The average molecular weight is 290 g/mol. The fourth-order valence-corrected chi connectivity index (χ4v) is 2.78. The minimum absolute atomic E-state index is 0.371. The Morgan fingerprint density at radius 3 is 2.95 bits per heavy atom. The summed E-state index contributed by atoms with van der Waals surface area (Å²) in [6.07, 6.45) is 3.30. The third kappa shape index (κ3) is 2.65. The van der Waals surface area contributed by atoms with Crippen LogP contribution >= 0.6 is 0 Å². The molecule has 1 aliphatic rings. The SMILES string of the molecule is CC1CCC(CNc2ccc3nnnn3n2)(C(=O)O)CC1. The Morgan fingerprint density at radius 2 is 2.24 bits per heavy atom.